The number of fused-ring (bicyclic) bond motifs is 1. The second kappa shape index (κ2) is 9.78. The van der Waals surface area contributed by atoms with Crippen molar-refractivity contribution in [3.63, 3.8) is 0 Å². The van der Waals surface area contributed by atoms with Gasteiger partial charge < -0.3 is 14.8 Å². The third-order valence-electron chi connectivity index (χ3n) is 5.15. The fourth-order valence-corrected chi connectivity index (χ4v) is 3.36. The lowest BCUT2D eigenvalue weighted by molar-refractivity contribution is 0.0476. The van der Waals surface area contributed by atoms with Gasteiger partial charge in [0.15, 0.2) is 12.4 Å². The second-order valence-corrected chi connectivity index (χ2v) is 7.29. The van der Waals surface area contributed by atoms with E-state index in [1.807, 2.05) is 30.3 Å². The molecule has 4 aromatic carbocycles. The van der Waals surface area contributed by atoms with Crippen LogP contribution in [-0.2, 0) is 4.74 Å². The van der Waals surface area contributed by atoms with Crippen molar-refractivity contribution in [1.29, 1.82) is 0 Å². The van der Waals surface area contributed by atoms with Crippen LogP contribution in [0, 0.1) is 0 Å². The van der Waals surface area contributed by atoms with Gasteiger partial charge in [-0.1, -0.05) is 48.5 Å². The molecule has 0 spiro atoms. The average Bonchev–Trinajstić information content (AvgIpc) is 2.87. The fourth-order valence-electron chi connectivity index (χ4n) is 3.36. The number of benzene rings is 4. The van der Waals surface area contributed by atoms with E-state index in [4.69, 9.17) is 9.47 Å². The summed E-state index contributed by atoms with van der Waals surface area (Å²) in [6.45, 7) is -0.405. The number of hydrogen-bond acceptors (Lipinski definition) is 5. The molecule has 0 radical (unpaired) electrons. The molecule has 0 saturated carbocycles. The molecule has 6 nitrogen and oxygen atoms in total. The molecule has 0 saturated heterocycles. The molecule has 33 heavy (non-hydrogen) atoms. The quantitative estimate of drug-likeness (QED) is 0.319. The minimum absolute atomic E-state index is 0.158. The maximum absolute atomic E-state index is 12.7. The van der Waals surface area contributed by atoms with Crippen LogP contribution in [0.1, 0.15) is 31.1 Å². The maximum atomic E-state index is 12.7. The van der Waals surface area contributed by atoms with Crippen molar-refractivity contribution >= 4 is 34.1 Å². The first kappa shape index (κ1) is 21.8. The minimum Gasteiger partial charge on any atom is -0.497 e. The molecule has 0 atom stereocenters. The molecule has 164 valence electrons. The van der Waals surface area contributed by atoms with Gasteiger partial charge in [0.05, 0.1) is 18.4 Å². The van der Waals surface area contributed by atoms with Crippen molar-refractivity contribution in [3.05, 3.63) is 108 Å². The molecule has 1 amide bonds. The minimum atomic E-state index is -0.699. The predicted molar refractivity (Wildman–Crippen MR) is 126 cm³/mol. The van der Waals surface area contributed by atoms with E-state index in [0.717, 1.165) is 10.8 Å². The van der Waals surface area contributed by atoms with Crippen LogP contribution in [0.3, 0.4) is 0 Å². The topological polar surface area (TPSA) is 81.7 Å². The summed E-state index contributed by atoms with van der Waals surface area (Å²) in [6.07, 6.45) is 0. The van der Waals surface area contributed by atoms with E-state index >= 15 is 0 Å². The van der Waals surface area contributed by atoms with E-state index < -0.39 is 12.6 Å². The van der Waals surface area contributed by atoms with Gasteiger partial charge in [0.2, 0.25) is 0 Å². The van der Waals surface area contributed by atoms with E-state index in [1.165, 1.54) is 6.07 Å². The number of hydrogen-bond donors (Lipinski definition) is 1. The largest absolute Gasteiger partial charge is 0.497 e. The van der Waals surface area contributed by atoms with Gasteiger partial charge >= 0.3 is 5.97 Å². The van der Waals surface area contributed by atoms with Crippen molar-refractivity contribution < 1.29 is 23.9 Å². The number of rotatable bonds is 7. The summed E-state index contributed by atoms with van der Waals surface area (Å²) in [5, 5.41) is 4.67. The van der Waals surface area contributed by atoms with E-state index in [0.29, 0.717) is 22.6 Å². The third kappa shape index (κ3) is 5.07. The molecule has 0 aliphatic heterocycles. The van der Waals surface area contributed by atoms with Crippen LogP contribution in [0.5, 0.6) is 5.75 Å². The Morgan fingerprint density at radius 2 is 1.42 bits per heavy atom. The molecule has 0 aliphatic carbocycles. The van der Waals surface area contributed by atoms with Gasteiger partial charge in [-0.2, -0.15) is 0 Å². The maximum Gasteiger partial charge on any atom is 0.340 e. The smallest absolute Gasteiger partial charge is 0.340 e. The second-order valence-electron chi connectivity index (χ2n) is 7.29. The zero-order chi connectivity index (χ0) is 23.2. The zero-order valence-corrected chi connectivity index (χ0v) is 17.9. The molecule has 6 heteroatoms. The molecule has 4 aromatic rings. The van der Waals surface area contributed by atoms with Gasteiger partial charge in [0, 0.05) is 11.1 Å². The van der Waals surface area contributed by atoms with Crippen LogP contribution in [0.4, 0.5) is 5.69 Å². The lowest BCUT2D eigenvalue weighted by Gasteiger charge is -2.11. The summed E-state index contributed by atoms with van der Waals surface area (Å²) >= 11 is 0. The lowest BCUT2D eigenvalue weighted by atomic mass is 10.0. The normalized spacial score (nSPS) is 10.5. The summed E-state index contributed by atoms with van der Waals surface area (Å²) in [5.74, 6) is -0.764. The highest BCUT2D eigenvalue weighted by Crippen LogP contribution is 2.20. The Balaban J connectivity index is 1.43. The third-order valence-corrected chi connectivity index (χ3v) is 5.15. The standard InChI is InChI=1S/C27H21NO5/c1-32-22-14-12-19(13-15-22)26(30)28-24-9-5-4-8-23(24)27(31)33-17-25(29)21-11-10-18-6-2-3-7-20(18)16-21/h2-16H,17H2,1H3,(H,28,30). The number of ether oxygens (including phenoxy) is 2. The molecular weight excluding hydrogens is 418 g/mol. The number of anilines is 1. The molecular formula is C27H21NO5. The Hall–Kier alpha value is -4.45. The first-order valence-corrected chi connectivity index (χ1v) is 10.3. The lowest BCUT2D eigenvalue weighted by Crippen LogP contribution is -2.18. The molecule has 0 bridgehead atoms. The number of esters is 1. The van der Waals surface area contributed by atoms with Gasteiger partial charge in [-0.3, -0.25) is 9.59 Å². The number of methoxy groups -OCH3 is 1. The number of para-hydroxylation sites is 1. The molecule has 0 aromatic heterocycles. The Bertz CT molecular complexity index is 1330. The van der Waals surface area contributed by atoms with Gasteiger partial charge in [-0.25, -0.2) is 4.79 Å². The van der Waals surface area contributed by atoms with Gasteiger partial charge in [-0.15, -0.1) is 0 Å². The van der Waals surface area contributed by atoms with Crippen molar-refractivity contribution in [2.45, 2.75) is 0 Å². The van der Waals surface area contributed by atoms with Crippen LogP contribution in [0.25, 0.3) is 10.8 Å². The number of ketones is 1. The van der Waals surface area contributed by atoms with Gasteiger partial charge in [-0.05, 0) is 53.2 Å². The van der Waals surface area contributed by atoms with Crippen molar-refractivity contribution in [2.24, 2.45) is 0 Å². The first-order chi connectivity index (χ1) is 16.0. The summed E-state index contributed by atoms with van der Waals surface area (Å²) in [4.78, 5) is 37.8. The molecule has 4 rings (SSSR count). The van der Waals surface area contributed by atoms with Crippen molar-refractivity contribution in [1.82, 2.24) is 0 Å². The van der Waals surface area contributed by atoms with Crippen molar-refractivity contribution in [2.75, 3.05) is 19.0 Å². The molecule has 0 fully saturated rings. The Morgan fingerprint density at radius 3 is 2.18 bits per heavy atom. The summed E-state index contributed by atoms with van der Waals surface area (Å²) in [7, 11) is 1.54. The first-order valence-electron chi connectivity index (χ1n) is 10.3. The SMILES string of the molecule is COc1ccc(C(=O)Nc2ccccc2C(=O)OCC(=O)c2ccc3ccccc3c2)cc1. The number of Topliss-reactive ketones (excluding diaryl/α,β-unsaturated/α-hetero) is 1. The average molecular weight is 439 g/mol. The summed E-state index contributed by atoms with van der Waals surface area (Å²) < 4.78 is 10.4. The highest BCUT2D eigenvalue weighted by Gasteiger charge is 2.17. The van der Waals surface area contributed by atoms with Gasteiger partial charge in [0.1, 0.15) is 5.75 Å². The van der Waals surface area contributed by atoms with Crippen molar-refractivity contribution in [3.8, 4) is 5.75 Å². The zero-order valence-electron chi connectivity index (χ0n) is 17.9. The van der Waals surface area contributed by atoms with Crippen LogP contribution in [-0.4, -0.2) is 31.4 Å². The Morgan fingerprint density at radius 1 is 0.758 bits per heavy atom. The number of amides is 1. The van der Waals surface area contributed by atoms with E-state index in [-0.39, 0.29) is 17.3 Å². The summed E-state index contributed by atoms with van der Waals surface area (Å²) in [6, 6.07) is 26.1. The van der Waals surface area contributed by atoms with E-state index in [2.05, 4.69) is 5.32 Å². The van der Waals surface area contributed by atoms with Crippen LogP contribution in [0.15, 0.2) is 91.0 Å². The molecule has 1 N–H and O–H groups in total. The number of nitrogens with one attached hydrogen (secondary N) is 1. The highest BCUT2D eigenvalue weighted by molar-refractivity contribution is 6.08. The molecule has 0 heterocycles. The molecule has 0 aliphatic rings. The molecule has 0 unspecified atom stereocenters. The van der Waals surface area contributed by atoms with Gasteiger partial charge in [0.25, 0.3) is 5.91 Å². The monoisotopic (exact) mass is 439 g/mol. The van der Waals surface area contributed by atoms with Crippen LogP contribution >= 0.6 is 0 Å². The Labute approximate surface area is 190 Å². The summed E-state index contributed by atoms with van der Waals surface area (Å²) in [5.41, 5.74) is 1.32. The van der Waals surface area contributed by atoms with E-state index in [9.17, 15) is 14.4 Å². The number of carbonyl (C=O) groups is 3. The number of carbonyl (C=O) groups excluding carboxylic acids is 3. The highest BCUT2D eigenvalue weighted by atomic mass is 16.5. The van der Waals surface area contributed by atoms with Crippen LogP contribution in [0.2, 0.25) is 0 Å². The van der Waals surface area contributed by atoms with Crippen LogP contribution < -0.4 is 10.1 Å². The Kier molecular flexibility index (Phi) is 6.45. The predicted octanol–water partition coefficient (Wildman–Crippen LogP) is 5.14. The van der Waals surface area contributed by atoms with E-state index in [1.54, 1.807) is 61.7 Å². The fraction of sp³-hybridized carbons (Fsp3) is 0.0741.